The molecule has 1 aliphatic rings. The molecular weight excluding hydrogens is 156 g/mol. The molecule has 2 atom stereocenters. The minimum Gasteiger partial charge on any atom is -0.447 e. The average molecular weight is 164 g/mol. The Labute approximate surface area is 63.4 Å². The highest BCUT2D eigenvalue weighted by Crippen LogP contribution is 2.13. The molecule has 5 heteroatoms. The van der Waals surface area contributed by atoms with Gasteiger partial charge in [-0.2, -0.15) is 0 Å². The van der Waals surface area contributed by atoms with E-state index >= 15 is 0 Å². The van der Waals surface area contributed by atoms with E-state index in [4.69, 9.17) is 19.7 Å². The van der Waals surface area contributed by atoms with Gasteiger partial charge in [-0.05, 0) is 0 Å². The van der Waals surface area contributed by atoms with E-state index < -0.39 is 12.2 Å². The van der Waals surface area contributed by atoms with Crippen LogP contribution in [0.15, 0.2) is 0 Å². The summed E-state index contributed by atoms with van der Waals surface area (Å²) in [5.41, 5.74) is 0. The number of ether oxygens (including phenoxy) is 2. The number of hydrogen-bond acceptors (Lipinski definition) is 5. The molecule has 10 heavy (non-hydrogen) atoms. The molecule has 0 aromatic heterocycles. The van der Waals surface area contributed by atoms with Gasteiger partial charge in [-0.1, -0.05) is 0 Å². The zero-order valence-electron chi connectivity index (χ0n) is 5.19. The molecule has 4 nitrogen and oxygen atoms in total. The van der Waals surface area contributed by atoms with E-state index in [9.17, 15) is 0 Å². The van der Waals surface area contributed by atoms with Crippen molar-refractivity contribution in [3.8, 4) is 0 Å². The maximum Gasteiger partial charge on any atom is 0.353 e. The van der Waals surface area contributed by atoms with E-state index in [1.165, 1.54) is 0 Å². The van der Waals surface area contributed by atoms with Gasteiger partial charge >= 0.3 is 5.24 Å². The Bertz CT molecular complexity index is 124. The summed E-state index contributed by atoms with van der Waals surface area (Å²) in [7, 11) is 0. The fraction of sp³-hybridized carbons (Fsp3) is 0.800. The summed E-state index contributed by atoms with van der Waals surface area (Å²) < 4.78 is 9.63. The molecule has 0 spiro atoms. The topological polar surface area (TPSA) is 58.9 Å². The van der Waals surface area contributed by atoms with E-state index in [1.54, 1.807) is 0 Å². The number of hydrogen-bond donors (Lipinski definition) is 2. The van der Waals surface area contributed by atoms with Crippen molar-refractivity contribution in [3.05, 3.63) is 0 Å². The third-order valence-corrected chi connectivity index (χ3v) is 1.46. The summed E-state index contributed by atoms with van der Waals surface area (Å²) >= 11 is 4.54. The van der Waals surface area contributed by atoms with Gasteiger partial charge in [-0.3, -0.25) is 0 Å². The molecule has 1 aliphatic heterocycles. The molecular formula is C5H8O4S. The lowest BCUT2D eigenvalue weighted by atomic mass is 10.2. The lowest BCUT2D eigenvalue weighted by Gasteiger charge is -2.08. The Morgan fingerprint density at radius 3 is 1.90 bits per heavy atom. The first-order valence-corrected chi connectivity index (χ1v) is 3.27. The van der Waals surface area contributed by atoms with Gasteiger partial charge in [0.1, 0.15) is 0 Å². The highest BCUT2D eigenvalue weighted by atomic mass is 32.1. The SMILES string of the molecule is OC[C@@H]1OC(=S)O[C@@H]1CO. The van der Waals surface area contributed by atoms with E-state index in [0.29, 0.717) is 0 Å². The molecule has 2 N–H and O–H groups in total. The van der Waals surface area contributed by atoms with Crippen LogP contribution in [0.3, 0.4) is 0 Å². The number of aliphatic hydroxyl groups is 2. The second-order valence-corrected chi connectivity index (χ2v) is 2.26. The Morgan fingerprint density at radius 2 is 1.60 bits per heavy atom. The van der Waals surface area contributed by atoms with Crippen molar-refractivity contribution in [2.45, 2.75) is 12.2 Å². The Hall–Kier alpha value is -0.390. The quantitative estimate of drug-likeness (QED) is 0.515. The van der Waals surface area contributed by atoms with Crippen LogP contribution >= 0.6 is 12.2 Å². The van der Waals surface area contributed by atoms with E-state index in [2.05, 4.69) is 12.2 Å². The Kier molecular flexibility index (Phi) is 2.42. The van der Waals surface area contributed by atoms with Gasteiger partial charge in [0.15, 0.2) is 12.2 Å². The third kappa shape index (κ3) is 1.36. The van der Waals surface area contributed by atoms with Gasteiger partial charge in [-0.25, -0.2) is 0 Å². The summed E-state index contributed by atoms with van der Waals surface area (Å²) in [5.74, 6) is 0. The van der Waals surface area contributed by atoms with Crippen LogP contribution in [0.4, 0.5) is 0 Å². The largest absolute Gasteiger partial charge is 0.447 e. The van der Waals surface area contributed by atoms with Crippen molar-refractivity contribution in [2.75, 3.05) is 13.2 Å². The molecule has 0 aromatic rings. The van der Waals surface area contributed by atoms with Gasteiger partial charge < -0.3 is 19.7 Å². The predicted octanol–water partition coefficient (Wildman–Crippen LogP) is -0.960. The van der Waals surface area contributed by atoms with Gasteiger partial charge in [-0.15, -0.1) is 0 Å². The van der Waals surface area contributed by atoms with Crippen LogP contribution in [0.1, 0.15) is 0 Å². The van der Waals surface area contributed by atoms with Crippen LogP contribution in [0.5, 0.6) is 0 Å². The standard InChI is InChI=1S/C5H8O4S/c6-1-3-4(2-7)9-5(10)8-3/h3-4,6-7H,1-2H2/t3-,4+. The second-order valence-electron chi connectivity index (χ2n) is 1.93. The predicted molar refractivity (Wildman–Crippen MR) is 36.5 cm³/mol. The normalized spacial score (nSPS) is 31.6. The number of thiocarbonyl (C=S) groups is 1. The maximum absolute atomic E-state index is 8.61. The summed E-state index contributed by atoms with van der Waals surface area (Å²) in [6, 6.07) is 0. The smallest absolute Gasteiger partial charge is 0.353 e. The van der Waals surface area contributed by atoms with Crippen LogP contribution in [-0.2, 0) is 9.47 Å². The molecule has 1 fully saturated rings. The van der Waals surface area contributed by atoms with Gasteiger partial charge in [0, 0.05) is 12.2 Å². The third-order valence-electron chi connectivity index (χ3n) is 1.27. The summed E-state index contributed by atoms with van der Waals surface area (Å²) in [6.07, 6.45) is -1.00. The van der Waals surface area contributed by atoms with Crippen molar-refractivity contribution in [1.29, 1.82) is 0 Å². The van der Waals surface area contributed by atoms with Crippen LogP contribution in [0, 0.1) is 0 Å². The molecule has 0 amide bonds. The second kappa shape index (κ2) is 3.14. The van der Waals surface area contributed by atoms with E-state index in [-0.39, 0.29) is 18.5 Å². The summed E-state index contributed by atoms with van der Waals surface area (Å²) in [5, 5.41) is 17.2. The van der Waals surface area contributed by atoms with Crippen molar-refractivity contribution in [2.24, 2.45) is 0 Å². The molecule has 1 saturated heterocycles. The molecule has 58 valence electrons. The molecule has 1 rings (SSSR count). The average Bonchev–Trinajstić information content (AvgIpc) is 2.30. The first-order chi connectivity index (χ1) is 4.77. The van der Waals surface area contributed by atoms with Crippen LogP contribution in [-0.4, -0.2) is 40.9 Å². The first-order valence-electron chi connectivity index (χ1n) is 2.87. The molecule has 0 radical (unpaired) electrons. The first kappa shape index (κ1) is 7.71. The molecule has 0 aliphatic carbocycles. The highest BCUT2D eigenvalue weighted by Gasteiger charge is 2.32. The Balaban J connectivity index is 2.48. The van der Waals surface area contributed by atoms with Crippen LogP contribution in [0.2, 0.25) is 0 Å². The molecule has 1 heterocycles. The zero-order valence-corrected chi connectivity index (χ0v) is 6.00. The lowest BCUT2D eigenvalue weighted by Crippen LogP contribution is -2.29. The fourth-order valence-corrected chi connectivity index (χ4v) is 0.984. The minimum absolute atomic E-state index is 0.00176. The molecule has 0 unspecified atom stereocenters. The minimum atomic E-state index is -0.502. The van der Waals surface area contributed by atoms with E-state index in [1.807, 2.05) is 0 Å². The van der Waals surface area contributed by atoms with E-state index in [0.717, 1.165) is 0 Å². The maximum atomic E-state index is 8.61. The lowest BCUT2D eigenvalue weighted by molar-refractivity contribution is 0.0525. The molecule has 0 bridgehead atoms. The summed E-state index contributed by atoms with van der Waals surface area (Å²) in [4.78, 5) is 0. The zero-order chi connectivity index (χ0) is 7.56. The van der Waals surface area contributed by atoms with Crippen LogP contribution < -0.4 is 0 Å². The van der Waals surface area contributed by atoms with Gasteiger partial charge in [0.25, 0.3) is 0 Å². The number of rotatable bonds is 2. The van der Waals surface area contributed by atoms with Crippen LogP contribution in [0.25, 0.3) is 0 Å². The molecule has 0 aromatic carbocycles. The van der Waals surface area contributed by atoms with Gasteiger partial charge in [0.2, 0.25) is 0 Å². The van der Waals surface area contributed by atoms with Crippen molar-refractivity contribution in [1.82, 2.24) is 0 Å². The monoisotopic (exact) mass is 164 g/mol. The van der Waals surface area contributed by atoms with Crippen molar-refractivity contribution in [3.63, 3.8) is 0 Å². The van der Waals surface area contributed by atoms with Crippen molar-refractivity contribution >= 4 is 17.5 Å². The highest BCUT2D eigenvalue weighted by molar-refractivity contribution is 7.79. The fourth-order valence-electron chi connectivity index (χ4n) is 0.736. The number of aliphatic hydroxyl groups excluding tert-OH is 2. The van der Waals surface area contributed by atoms with Crippen molar-refractivity contribution < 1.29 is 19.7 Å². The molecule has 0 saturated carbocycles. The summed E-state index contributed by atoms with van der Waals surface area (Å²) in [6.45, 7) is -0.378. The Morgan fingerprint density at radius 1 is 1.20 bits per heavy atom. The van der Waals surface area contributed by atoms with Gasteiger partial charge in [0.05, 0.1) is 13.2 Å².